The van der Waals surface area contributed by atoms with Crippen molar-refractivity contribution in [1.82, 2.24) is 0 Å². The molecule has 0 heterocycles. The third kappa shape index (κ3) is 6.65. The maximum absolute atomic E-state index is 13.8. The second-order valence-corrected chi connectivity index (χ2v) is 6.82. The summed E-state index contributed by atoms with van der Waals surface area (Å²) in [6, 6.07) is 11.4. The lowest BCUT2D eigenvalue weighted by Gasteiger charge is -2.17. The van der Waals surface area contributed by atoms with Gasteiger partial charge in [0.25, 0.3) is 11.8 Å². The van der Waals surface area contributed by atoms with Crippen LogP contribution in [0.15, 0.2) is 46.9 Å². The smallest absolute Gasteiger partial charge is 0.279 e. The Morgan fingerprint density at radius 2 is 1.70 bits per heavy atom. The number of hydrogen-bond donors (Lipinski definition) is 3. The standard InChI is InChI=1S/C19H21BrFN3O3/c1-3-24(11-18(25)22-14-5-7-15(27-2)8-6-14)12-19(26)23-17-9-4-13(20)10-16(17)21/h4-10H,3,11-12H2,1-2H3,(H,22,25)(H,23,26)/p+1. The molecular formula is C19H22BrFN3O3+. The summed E-state index contributed by atoms with van der Waals surface area (Å²) in [5.74, 6) is -0.386. The van der Waals surface area contributed by atoms with Crippen LogP contribution in [0.4, 0.5) is 15.8 Å². The minimum Gasteiger partial charge on any atom is -0.497 e. The van der Waals surface area contributed by atoms with Gasteiger partial charge < -0.3 is 20.3 Å². The van der Waals surface area contributed by atoms with E-state index in [-0.39, 0.29) is 30.6 Å². The monoisotopic (exact) mass is 438 g/mol. The zero-order valence-corrected chi connectivity index (χ0v) is 16.7. The summed E-state index contributed by atoms with van der Waals surface area (Å²) < 4.78 is 19.5. The van der Waals surface area contributed by atoms with E-state index in [1.54, 1.807) is 37.4 Å². The summed E-state index contributed by atoms with van der Waals surface area (Å²) in [5, 5.41) is 5.32. The maximum atomic E-state index is 13.8. The molecule has 3 N–H and O–H groups in total. The Hall–Kier alpha value is -2.45. The zero-order valence-electron chi connectivity index (χ0n) is 15.1. The maximum Gasteiger partial charge on any atom is 0.279 e. The molecule has 0 aliphatic carbocycles. The molecule has 6 nitrogen and oxygen atoms in total. The zero-order chi connectivity index (χ0) is 19.8. The molecule has 0 spiro atoms. The highest BCUT2D eigenvalue weighted by Gasteiger charge is 2.18. The Labute approximate surface area is 165 Å². The van der Waals surface area contributed by atoms with Gasteiger partial charge in [-0.05, 0) is 49.4 Å². The van der Waals surface area contributed by atoms with Gasteiger partial charge in [-0.1, -0.05) is 15.9 Å². The van der Waals surface area contributed by atoms with Gasteiger partial charge in [0.05, 0.1) is 19.3 Å². The predicted molar refractivity (Wildman–Crippen MR) is 106 cm³/mol. The van der Waals surface area contributed by atoms with Crippen molar-refractivity contribution in [2.45, 2.75) is 6.92 Å². The van der Waals surface area contributed by atoms with Crippen LogP contribution in [0.2, 0.25) is 0 Å². The summed E-state index contributed by atoms with van der Waals surface area (Å²) in [5.41, 5.74) is 0.763. The van der Waals surface area contributed by atoms with Crippen molar-refractivity contribution in [2.24, 2.45) is 0 Å². The normalized spacial score (nSPS) is 11.6. The van der Waals surface area contributed by atoms with Gasteiger partial charge in [0.2, 0.25) is 0 Å². The van der Waals surface area contributed by atoms with Crippen molar-refractivity contribution < 1.29 is 23.6 Å². The molecule has 2 aromatic rings. The van der Waals surface area contributed by atoms with E-state index in [1.807, 2.05) is 6.92 Å². The van der Waals surface area contributed by atoms with Gasteiger partial charge in [0.1, 0.15) is 11.6 Å². The quantitative estimate of drug-likeness (QED) is 0.590. The Balaban J connectivity index is 1.87. The highest BCUT2D eigenvalue weighted by atomic mass is 79.9. The van der Waals surface area contributed by atoms with E-state index in [4.69, 9.17) is 4.74 Å². The summed E-state index contributed by atoms with van der Waals surface area (Å²) in [6.07, 6.45) is 0. The number of rotatable bonds is 8. The van der Waals surface area contributed by atoms with Gasteiger partial charge in [-0.2, -0.15) is 0 Å². The van der Waals surface area contributed by atoms with Crippen LogP contribution in [-0.4, -0.2) is 38.6 Å². The molecule has 144 valence electrons. The number of halogens is 2. The second-order valence-electron chi connectivity index (χ2n) is 5.91. The van der Waals surface area contributed by atoms with Crippen LogP contribution in [0.3, 0.4) is 0 Å². The molecule has 0 saturated heterocycles. The molecule has 0 aliphatic rings. The number of quaternary nitrogens is 1. The molecule has 27 heavy (non-hydrogen) atoms. The molecule has 0 fully saturated rings. The van der Waals surface area contributed by atoms with E-state index in [0.29, 0.717) is 22.5 Å². The Morgan fingerprint density at radius 3 is 2.26 bits per heavy atom. The molecule has 0 bridgehead atoms. The summed E-state index contributed by atoms with van der Waals surface area (Å²) >= 11 is 3.17. The van der Waals surface area contributed by atoms with Crippen LogP contribution in [0.5, 0.6) is 5.75 Å². The number of carbonyl (C=O) groups is 2. The molecule has 2 rings (SSSR count). The van der Waals surface area contributed by atoms with E-state index < -0.39 is 5.82 Å². The third-order valence-corrected chi connectivity index (χ3v) is 4.39. The number of likely N-dealkylation sites (N-methyl/N-ethyl adjacent to an activating group) is 1. The number of methoxy groups -OCH3 is 1. The van der Waals surface area contributed by atoms with Gasteiger partial charge in [0, 0.05) is 10.2 Å². The first kappa shape index (κ1) is 20.9. The first-order chi connectivity index (χ1) is 12.9. The number of amides is 2. The average molecular weight is 439 g/mol. The van der Waals surface area contributed by atoms with Crippen LogP contribution in [0.25, 0.3) is 0 Å². The van der Waals surface area contributed by atoms with Gasteiger partial charge in [-0.25, -0.2) is 4.39 Å². The van der Waals surface area contributed by atoms with Crippen LogP contribution in [0, 0.1) is 5.82 Å². The van der Waals surface area contributed by atoms with E-state index in [1.165, 1.54) is 12.1 Å². The van der Waals surface area contributed by atoms with Crippen molar-refractivity contribution in [3.05, 3.63) is 52.8 Å². The molecular weight excluding hydrogens is 417 g/mol. The van der Waals surface area contributed by atoms with Crippen molar-refractivity contribution in [2.75, 3.05) is 37.4 Å². The predicted octanol–water partition coefficient (Wildman–Crippen LogP) is 2.08. The van der Waals surface area contributed by atoms with Gasteiger partial charge >= 0.3 is 0 Å². The van der Waals surface area contributed by atoms with Crippen molar-refractivity contribution in [1.29, 1.82) is 0 Å². The van der Waals surface area contributed by atoms with E-state index in [2.05, 4.69) is 26.6 Å². The fraction of sp³-hybridized carbons (Fsp3) is 0.263. The fourth-order valence-electron chi connectivity index (χ4n) is 2.43. The fourth-order valence-corrected chi connectivity index (χ4v) is 2.76. The minimum absolute atomic E-state index is 0.0576. The summed E-state index contributed by atoms with van der Waals surface area (Å²) in [7, 11) is 1.57. The molecule has 1 atom stereocenters. The molecule has 2 amide bonds. The molecule has 2 aromatic carbocycles. The SMILES string of the molecule is CC[NH+](CC(=O)Nc1ccc(OC)cc1)CC(=O)Nc1ccc(Br)cc1F. The third-order valence-electron chi connectivity index (χ3n) is 3.90. The number of ether oxygens (including phenoxy) is 1. The average Bonchev–Trinajstić information content (AvgIpc) is 2.64. The first-order valence-electron chi connectivity index (χ1n) is 8.43. The van der Waals surface area contributed by atoms with Gasteiger partial charge in [0.15, 0.2) is 13.1 Å². The number of anilines is 2. The van der Waals surface area contributed by atoms with Gasteiger partial charge in [-0.15, -0.1) is 0 Å². The van der Waals surface area contributed by atoms with E-state index in [9.17, 15) is 14.0 Å². The lowest BCUT2D eigenvalue weighted by atomic mass is 10.3. The molecule has 0 saturated carbocycles. The first-order valence-corrected chi connectivity index (χ1v) is 9.23. The number of hydrogen-bond acceptors (Lipinski definition) is 3. The Bertz CT molecular complexity index is 799. The molecule has 8 heteroatoms. The molecule has 0 radical (unpaired) electrons. The Kier molecular flexibility index (Phi) is 7.75. The summed E-state index contributed by atoms with van der Waals surface area (Å²) in [4.78, 5) is 25.1. The summed E-state index contributed by atoms with van der Waals surface area (Å²) in [6.45, 7) is 2.64. The number of nitrogens with one attached hydrogen (secondary N) is 3. The Morgan fingerprint density at radius 1 is 1.07 bits per heavy atom. The minimum atomic E-state index is -0.520. The van der Waals surface area contributed by atoms with Crippen LogP contribution in [-0.2, 0) is 9.59 Å². The van der Waals surface area contributed by atoms with Gasteiger partial charge in [-0.3, -0.25) is 9.59 Å². The lowest BCUT2D eigenvalue weighted by molar-refractivity contribution is -0.881. The van der Waals surface area contributed by atoms with Crippen LogP contribution < -0.4 is 20.3 Å². The number of carbonyl (C=O) groups excluding carboxylic acids is 2. The molecule has 0 aromatic heterocycles. The van der Waals surface area contributed by atoms with Crippen molar-refractivity contribution in [3.8, 4) is 5.75 Å². The second kappa shape index (κ2) is 10.0. The highest BCUT2D eigenvalue weighted by molar-refractivity contribution is 9.10. The van der Waals surface area contributed by atoms with Crippen LogP contribution in [0.1, 0.15) is 6.92 Å². The number of benzene rings is 2. The van der Waals surface area contributed by atoms with Crippen molar-refractivity contribution >= 4 is 39.1 Å². The van der Waals surface area contributed by atoms with E-state index >= 15 is 0 Å². The van der Waals surface area contributed by atoms with Crippen molar-refractivity contribution in [3.63, 3.8) is 0 Å². The molecule has 0 aliphatic heterocycles. The van der Waals surface area contributed by atoms with E-state index in [0.717, 1.165) is 4.90 Å². The van der Waals surface area contributed by atoms with Crippen LogP contribution >= 0.6 is 15.9 Å². The highest BCUT2D eigenvalue weighted by Crippen LogP contribution is 2.19. The topological polar surface area (TPSA) is 71.9 Å². The lowest BCUT2D eigenvalue weighted by Crippen LogP contribution is -3.13. The molecule has 1 unspecified atom stereocenters. The largest absolute Gasteiger partial charge is 0.497 e.